The van der Waals surface area contributed by atoms with Gasteiger partial charge in [0.05, 0.1) is 5.69 Å². The number of amides is 1. The van der Waals surface area contributed by atoms with Gasteiger partial charge >= 0.3 is 7.12 Å². The Labute approximate surface area is 129 Å². The SMILES string of the molecule is Cc1ccc(NC(=O)c2cc(F)cc(B(O)O)c2)c(Br)c1. The lowest BCUT2D eigenvalue weighted by Gasteiger charge is -2.09. The van der Waals surface area contributed by atoms with Gasteiger partial charge in [0.2, 0.25) is 0 Å². The van der Waals surface area contributed by atoms with Crippen LogP contribution in [0.3, 0.4) is 0 Å². The summed E-state index contributed by atoms with van der Waals surface area (Å²) < 4.78 is 14.1. The molecule has 0 saturated heterocycles. The van der Waals surface area contributed by atoms with E-state index in [0.29, 0.717) is 10.2 Å². The van der Waals surface area contributed by atoms with Crippen LogP contribution in [0.1, 0.15) is 15.9 Å². The van der Waals surface area contributed by atoms with Crippen molar-refractivity contribution in [3.63, 3.8) is 0 Å². The second-order valence-electron chi connectivity index (χ2n) is 4.58. The van der Waals surface area contributed by atoms with E-state index in [4.69, 9.17) is 10.0 Å². The topological polar surface area (TPSA) is 69.6 Å². The Bertz CT molecular complexity index is 694. The van der Waals surface area contributed by atoms with Gasteiger partial charge in [-0.1, -0.05) is 6.07 Å². The lowest BCUT2D eigenvalue weighted by atomic mass is 9.79. The van der Waals surface area contributed by atoms with Gasteiger partial charge in [0, 0.05) is 10.0 Å². The lowest BCUT2D eigenvalue weighted by Crippen LogP contribution is -2.31. The molecular weight excluding hydrogens is 340 g/mol. The van der Waals surface area contributed by atoms with E-state index in [1.165, 1.54) is 6.07 Å². The number of halogens is 2. The highest BCUT2D eigenvalue weighted by Gasteiger charge is 2.16. The third kappa shape index (κ3) is 3.90. The van der Waals surface area contributed by atoms with Crippen LogP contribution in [0.15, 0.2) is 40.9 Å². The van der Waals surface area contributed by atoms with E-state index in [-0.39, 0.29) is 11.0 Å². The first kappa shape index (κ1) is 15.7. The van der Waals surface area contributed by atoms with Crippen molar-refractivity contribution < 1.29 is 19.2 Å². The standard InChI is InChI=1S/C14H12BBrFNO3/c1-8-2-3-13(12(16)4-8)18-14(19)9-5-10(15(20)21)7-11(17)6-9/h2-7,20-21H,1H3,(H,18,19). The molecule has 0 spiro atoms. The molecule has 3 N–H and O–H groups in total. The van der Waals surface area contributed by atoms with Gasteiger partial charge in [-0.25, -0.2) is 4.39 Å². The van der Waals surface area contributed by atoms with E-state index in [1.807, 2.05) is 19.1 Å². The molecule has 0 aliphatic carbocycles. The fraction of sp³-hybridized carbons (Fsp3) is 0.0714. The summed E-state index contributed by atoms with van der Waals surface area (Å²) in [4.78, 5) is 12.1. The second-order valence-corrected chi connectivity index (χ2v) is 5.44. The van der Waals surface area contributed by atoms with E-state index in [1.54, 1.807) is 6.07 Å². The molecule has 0 radical (unpaired) electrons. The van der Waals surface area contributed by atoms with Crippen LogP contribution in [0.5, 0.6) is 0 Å². The quantitative estimate of drug-likeness (QED) is 0.739. The highest BCUT2D eigenvalue weighted by atomic mass is 79.9. The largest absolute Gasteiger partial charge is 0.488 e. The Morgan fingerprint density at radius 1 is 1.24 bits per heavy atom. The van der Waals surface area contributed by atoms with Crippen molar-refractivity contribution in [2.24, 2.45) is 0 Å². The molecule has 0 heterocycles. The first-order valence-corrected chi connectivity index (χ1v) is 6.90. The summed E-state index contributed by atoms with van der Waals surface area (Å²) in [7, 11) is -1.83. The average Bonchev–Trinajstić information content (AvgIpc) is 2.41. The van der Waals surface area contributed by atoms with Crippen molar-refractivity contribution in [1.82, 2.24) is 0 Å². The first-order chi connectivity index (χ1) is 9.86. The van der Waals surface area contributed by atoms with Crippen molar-refractivity contribution in [3.05, 3.63) is 57.8 Å². The maximum atomic E-state index is 13.4. The molecule has 0 aliphatic rings. The van der Waals surface area contributed by atoms with E-state index in [0.717, 1.165) is 17.7 Å². The Hall–Kier alpha value is -1.70. The summed E-state index contributed by atoms with van der Waals surface area (Å²) in [5.41, 5.74) is 1.49. The van der Waals surface area contributed by atoms with E-state index >= 15 is 0 Å². The maximum absolute atomic E-state index is 13.4. The van der Waals surface area contributed by atoms with E-state index in [9.17, 15) is 9.18 Å². The minimum atomic E-state index is -1.83. The first-order valence-electron chi connectivity index (χ1n) is 6.11. The molecule has 0 aliphatic heterocycles. The average molecular weight is 352 g/mol. The molecule has 0 aromatic heterocycles. The van der Waals surface area contributed by atoms with Crippen molar-refractivity contribution in [2.45, 2.75) is 6.92 Å². The van der Waals surface area contributed by atoms with Gasteiger partial charge in [0.15, 0.2) is 0 Å². The van der Waals surface area contributed by atoms with Crippen LogP contribution >= 0.6 is 15.9 Å². The van der Waals surface area contributed by atoms with Crippen molar-refractivity contribution in [1.29, 1.82) is 0 Å². The number of carbonyl (C=O) groups excluding carboxylic acids is 1. The minimum absolute atomic E-state index is 0.00516. The van der Waals surface area contributed by atoms with Gasteiger partial charge < -0.3 is 15.4 Å². The Balaban J connectivity index is 2.28. The zero-order chi connectivity index (χ0) is 15.6. The zero-order valence-electron chi connectivity index (χ0n) is 11.1. The van der Waals surface area contributed by atoms with E-state index < -0.39 is 18.8 Å². The summed E-state index contributed by atoms with van der Waals surface area (Å²) in [5, 5.41) is 20.8. The van der Waals surface area contributed by atoms with Crippen LogP contribution in [-0.4, -0.2) is 23.1 Å². The highest BCUT2D eigenvalue weighted by molar-refractivity contribution is 9.10. The fourth-order valence-electron chi connectivity index (χ4n) is 1.81. The minimum Gasteiger partial charge on any atom is -0.423 e. The molecule has 2 rings (SSSR count). The molecule has 4 nitrogen and oxygen atoms in total. The predicted molar refractivity (Wildman–Crippen MR) is 83.1 cm³/mol. The molecule has 7 heteroatoms. The second kappa shape index (κ2) is 6.38. The Morgan fingerprint density at radius 3 is 2.57 bits per heavy atom. The molecule has 0 atom stereocenters. The van der Waals surface area contributed by atoms with Gasteiger partial charge in [0.1, 0.15) is 5.82 Å². The van der Waals surface area contributed by atoms with Crippen LogP contribution in [-0.2, 0) is 0 Å². The van der Waals surface area contributed by atoms with Crippen molar-refractivity contribution >= 4 is 40.1 Å². The van der Waals surface area contributed by atoms with Gasteiger partial charge in [-0.05, 0) is 64.2 Å². The van der Waals surface area contributed by atoms with Gasteiger partial charge in [-0.3, -0.25) is 4.79 Å². The molecular formula is C14H12BBrFNO3. The smallest absolute Gasteiger partial charge is 0.423 e. The summed E-state index contributed by atoms with van der Waals surface area (Å²) in [6.45, 7) is 1.91. The lowest BCUT2D eigenvalue weighted by molar-refractivity contribution is 0.102. The molecule has 2 aromatic rings. The van der Waals surface area contributed by atoms with Crippen LogP contribution in [0, 0.1) is 12.7 Å². The third-order valence-electron chi connectivity index (χ3n) is 2.85. The number of hydrogen-bond donors (Lipinski definition) is 3. The zero-order valence-corrected chi connectivity index (χ0v) is 12.7. The summed E-state index contributed by atoms with van der Waals surface area (Å²) in [5.74, 6) is -1.25. The van der Waals surface area contributed by atoms with Crippen LogP contribution in [0.4, 0.5) is 10.1 Å². The third-order valence-corrected chi connectivity index (χ3v) is 3.51. The molecule has 1 amide bonds. The van der Waals surface area contributed by atoms with Crippen molar-refractivity contribution in [2.75, 3.05) is 5.32 Å². The number of aryl methyl sites for hydroxylation is 1. The van der Waals surface area contributed by atoms with Gasteiger partial charge in [-0.15, -0.1) is 0 Å². The number of rotatable bonds is 3. The van der Waals surface area contributed by atoms with E-state index in [2.05, 4.69) is 21.2 Å². The maximum Gasteiger partial charge on any atom is 0.488 e. The summed E-state index contributed by atoms with van der Waals surface area (Å²) >= 11 is 3.33. The fourth-order valence-corrected chi connectivity index (χ4v) is 2.40. The highest BCUT2D eigenvalue weighted by Crippen LogP contribution is 2.23. The summed E-state index contributed by atoms with van der Waals surface area (Å²) in [6.07, 6.45) is 0. The predicted octanol–water partition coefficient (Wildman–Crippen LogP) is 1.83. The number of carbonyl (C=O) groups is 1. The summed E-state index contributed by atoms with van der Waals surface area (Å²) in [6, 6.07) is 8.61. The number of hydrogen-bond acceptors (Lipinski definition) is 3. The normalized spacial score (nSPS) is 10.3. The molecule has 108 valence electrons. The van der Waals surface area contributed by atoms with Crippen LogP contribution in [0.2, 0.25) is 0 Å². The molecule has 21 heavy (non-hydrogen) atoms. The van der Waals surface area contributed by atoms with Gasteiger partial charge in [0.25, 0.3) is 5.91 Å². The Morgan fingerprint density at radius 2 is 1.95 bits per heavy atom. The molecule has 0 fully saturated rings. The number of anilines is 1. The van der Waals surface area contributed by atoms with Crippen LogP contribution in [0.25, 0.3) is 0 Å². The van der Waals surface area contributed by atoms with Crippen molar-refractivity contribution in [3.8, 4) is 0 Å². The molecule has 0 saturated carbocycles. The molecule has 0 bridgehead atoms. The van der Waals surface area contributed by atoms with Crippen LogP contribution < -0.4 is 10.8 Å². The number of nitrogens with one attached hydrogen (secondary N) is 1. The monoisotopic (exact) mass is 351 g/mol. The molecule has 0 unspecified atom stereocenters. The Kier molecular flexibility index (Phi) is 4.77. The molecule has 2 aromatic carbocycles. The number of benzene rings is 2. The van der Waals surface area contributed by atoms with Gasteiger partial charge in [-0.2, -0.15) is 0 Å².